The molecule has 1 heterocycles. The second-order valence-corrected chi connectivity index (χ2v) is 4.56. The second-order valence-electron chi connectivity index (χ2n) is 3.70. The SMILES string of the molecule is Cc1ccc(Oc2cc(=O)[nH]c(C)n2)c(Br)c1. The normalized spacial score (nSPS) is 10.3. The summed E-state index contributed by atoms with van der Waals surface area (Å²) >= 11 is 3.40. The van der Waals surface area contributed by atoms with E-state index in [2.05, 4.69) is 25.9 Å². The summed E-state index contributed by atoms with van der Waals surface area (Å²) < 4.78 is 6.38. The van der Waals surface area contributed by atoms with Crippen molar-refractivity contribution in [3.63, 3.8) is 0 Å². The van der Waals surface area contributed by atoms with Crippen LogP contribution >= 0.6 is 15.9 Å². The summed E-state index contributed by atoms with van der Waals surface area (Å²) in [7, 11) is 0. The molecule has 1 aromatic carbocycles. The van der Waals surface area contributed by atoms with Gasteiger partial charge in [-0.3, -0.25) is 4.79 Å². The van der Waals surface area contributed by atoms with Crippen molar-refractivity contribution in [3.05, 3.63) is 50.5 Å². The molecule has 0 fully saturated rings. The predicted octanol–water partition coefficient (Wildman–Crippen LogP) is 2.94. The van der Waals surface area contributed by atoms with Gasteiger partial charge in [0.2, 0.25) is 5.88 Å². The molecule has 5 heteroatoms. The number of nitrogens with one attached hydrogen (secondary N) is 1. The van der Waals surface area contributed by atoms with Crippen LogP contribution in [0.5, 0.6) is 11.6 Å². The van der Waals surface area contributed by atoms with Crippen molar-refractivity contribution in [2.45, 2.75) is 13.8 Å². The lowest BCUT2D eigenvalue weighted by atomic mass is 10.2. The summed E-state index contributed by atoms with van der Waals surface area (Å²) in [5, 5.41) is 0. The summed E-state index contributed by atoms with van der Waals surface area (Å²) in [6.45, 7) is 3.70. The number of hydrogen-bond acceptors (Lipinski definition) is 3. The maximum atomic E-state index is 11.3. The number of nitrogens with zero attached hydrogens (tertiary/aromatic N) is 1. The highest BCUT2D eigenvalue weighted by atomic mass is 79.9. The van der Waals surface area contributed by atoms with Crippen LogP contribution < -0.4 is 10.3 Å². The maximum absolute atomic E-state index is 11.3. The van der Waals surface area contributed by atoms with Gasteiger partial charge in [-0.2, -0.15) is 0 Å². The number of rotatable bonds is 2. The van der Waals surface area contributed by atoms with Gasteiger partial charge in [0.15, 0.2) is 0 Å². The molecule has 0 atom stereocenters. The van der Waals surface area contributed by atoms with Gasteiger partial charge in [-0.15, -0.1) is 0 Å². The van der Waals surface area contributed by atoms with E-state index in [1.54, 1.807) is 6.92 Å². The van der Waals surface area contributed by atoms with Gasteiger partial charge in [0.05, 0.1) is 10.5 Å². The van der Waals surface area contributed by atoms with Gasteiger partial charge in [-0.25, -0.2) is 4.98 Å². The molecular weight excluding hydrogens is 284 g/mol. The first-order chi connectivity index (χ1) is 8.04. The van der Waals surface area contributed by atoms with E-state index >= 15 is 0 Å². The highest BCUT2D eigenvalue weighted by Crippen LogP contribution is 2.28. The Hall–Kier alpha value is -1.62. The molecule has 0 radical (unpaired) electrons. The first-order valence-electron chi connectivity index (χ1n) is 5.06. The fourth-order valence-electron chi connectivity index (χ4n) is 1.41. The zero-order valence-electron chi connectivity index (χ0n) is 9.45. The third-order valence-electron chi connectivity index (χ3n) is 2.14. The van der Waals surface area contributed by atoms with E-state index in [1.807, 2.05) is 25.1 Å². The molecule has 88 valence electrons. The zero-order valence-corrected chi connectivity index (χ0v) is 11.0. The van der Waals surface area contributed by atoms with E-state index in [0.29, 0.717) is 11.6 Å². The molecule has 1 aromatic heterocycles. The largest absolute Gasteiger partial charge is 0.438 e. The lowest BCUT2D eigenvalue weighted by molar-refractivity contribution is 0.456. The number of aromatic amines is 1. The van der Waals surface area contributed by atoms with Crippen molar-refractivity contribution in [2.24, 2.45) is 0 Å². The minimum absolute atomic E-state index is 0.226. The number of aryl methyl sites for hydroxylation is 2. The molecule has 0 saturated heterocycles. The summed E-state index contributed by atoms with van der Waals surface area (Å²) in [6, 6.07) is 7.02. The average molecular weight is 295 g/mol. The van der Waals surface area contributed by atoms with Crippen LogP contribution in [-0.4, -0.2) is 9.97 Å². The van der Waals surface area contributed by atoms with E-state index in [-0.39, 0.29) is 11.4 Å². The maximum Gasteiger partial charge on any atom is 0.254 e. The smallest absolute Gasteiger partial charge is 0.254 e. The van der Waals surface area contributed by atoms with E-state index in [1.165, 1.54) is 6.07 Å². The van der Waals surface area contributed by atoms with Crippen molar-refractivity contribution in [1.29, 1.82) is 0 Å². The first kappa shape index (κ1) is 11.9. The van der Waals surface area contributed by atoms with Crippen LogP contribution in [0.4, 0.5) is 0 Å². The van der Waals surface area contributed by atoms with Crippen molar-refractivity contribution >= 4 is 15.9 Å². The topological polar surface area (TPSA) is 55.0 Å². The molecule has 0 amide bonds. The van der Waals surface area contributed by atoms with Gasteiger partial charge in [-0.1, -0.05) is 6.07 Å². The minimum Gasteiger partial charge on any atom is -0.438 e. The van der Waals surface area contributed by atoms with Crippen LogP contribution in [0.2, 0.25) is 0 Å². The Kier molecular flexibility index (Phi) is 3.28. The Bertz CT molecular complexity index is 608. The molecule has 4 nitrogen and oxygen atoms in total. The molecular formula is C12H11BrN2O2. The molecule has 0 unspecified atom stereocenters. The number of H-pyrrole nitrogens is 1. The standard InChI is InChI=1S/C12H11BrN2O2/c1-7-3-4-10(9(13)5-7)17-12-6-11(16)14-8(2)15-12/h3-6H,1-2H3,(H,14,15,16). The molecule has 0 aliphatic carbocycles. The van der Waals surface area contributed by atoms with Gasteiger partial charge in [-0.05, 0) is 47.5 Å². The minimum atomic E-state index is -0.226. The fourth-order valence-corrected chi connectivity index (χ4v) is 1.98. The van der Waals surface area contributed by atoms with Crippen molar-refractivity contribution in [2.75, 3.05) is 0 Å². The van der Waals surface area contributed by atoms with Crippen molar-refractivity contribution in [3.8, 4) is 11.6 Å². The van der Waals surface area contributed by atoms with E-state index in [0.717, 1.165) is 10.0 Å². The third-order valence-corrected chi connectivity index (χ3v) is 2.76. The number of ether oxygens (including phenoxy) is 1. The van der Waals surface area contributed by atoms with E-state index < -0.39 is 0 Å². The number of aromatic nitrogens is 2. The Balaban J connectivity index is 2.34. The third kappa shape index (κ3) is 2.94. The molecule has 0 bridgehead atoms. The number of benzene rings is 1. The van der Waals surface area contributed by atoms with Crippen LogP contribution in [0, 0.1) is 13.8 Å². The fraction of sp³-hybridized carbons (Fsp3) is 0.167. The quantitative estimate of drug-likeness (QED) is 0.926. The second kappa shape index (κ2) is 4.71. The molecule has 2 aromatic rings. The summed E-state index contributed by atoms with van der Waals surface area (Å²) in [5.74, 6) is 1.44. The predicted molar refractivity (Wildman–Crippen MR) is 68.5 cm³/mol. The van der Waals surface area contributed by atoms with Gasteiger partial charge >= 0.3 is 0 Å². The summed E-state index contributed by atoms with van der Waals surface area (Å²) in [4.78, 5) is 17.9. The molecule has 0 aliphatic heterocycles. The molecule has 2 rings (SSSR count). The monoisotopic (exact) mass is 294 g/mol. The lowest BCUT2D eigenvalue weighted by Gasteiger charge is -2.07. The van der Waals surface area contributed by atoms with Crippen LogP contribution in [0.1, 0.15) is 11.4 Å². The Morgan fingerprint density at radius 3 is 2.71 bits per heavy atom. The molecule has 0 aliphatic rings. The van der Waals surface area contributed by atoms with Gasteiger partial charge in [0, 0.05) is 0 Å². The summed E-state index contributed by atoms with van der Waals surface area (Å²) in [5.41, 5.74) is 0.898. The lowest BCUT2D eigenvalue weighted by Crippen LogP contribution is -2.08. The van der Waals surface area contributed by atoms with Gasteiger partial charge in [0.1, 0.15) is 11.6 Å². The summed E-state index contributed by atoms with van der Waals surface area (Å²) in [6.07, 6.45) is 0. The highest BCUT2D eigenvalue weighted by Gasteiger charge is 2.05. The van der Waals surface area contributed by atoms with Crippen LogP contribution in [-0.2, 0) is 0 Å². The first-order valence-corrected chi connectivity index (χ1v) is 5.86. The van der Waals surface area contributed by atoms with Gasteiger partial charge < -0.3 is 9.72 Å². The Morgan fingerprint density at radius 2 is 2.06 bits per heavy atom. The number of hydrogen-bond donors (Lipinski definition) is 1. The molecule has 1 N–H and O–H groups in total. The van der Waals surface area contributed by atoms with E-state index in [4.69, 9.17) is 4.74 Å². The molecule has 0 spiro atoms. The van der Waals surface area contributed by atoms with Crippen molar-refractivity contribution < 1.29 is 4.74 Å². The Morgan fingerprint density at radius 1 is 1.29 bits per heavy atom. The highest BCUT2D eigenvalue weighted by molar-refractivity contribution is 9.10. The van der Waals surface area contributed by atoms with E-state index in [9.17, 15) is 4.79 Å². The molecule has 17 heavy (non-hydrogen) atoms. The average Bonchev–Trinajstić information content (AvgIpc) is 2.21. The zero-order chi connectivity index (χ0) is 12.4. The molecule has 0 saturated carbocycles. The van der Waals surface area contributed by atoms with Crippen molar-refractivity contribution in [1.82, 2.24) is 9.97 Å². The van der Waals surface area contributed by atoms with Gasteiger partial charge in [0.25, 0.3) is 5.56 Å². The number of halogens is 1. The van der Waals surface area contributed by atoms with Crippen LogP contribution in [0.3, 0.4) is 0 Å². The van der Waals surface area contributed by atoms with Crippen LogP contribution in [0.15, 0.2) is 33.5 Å². The Labute approximate surface area is 107 Å². The van der Waals surface area contributed by atoms with Crippen LogP contribution in [0.25, 0.3) is 0 Å².